The highest BCUT2D eigenvalue weighted by Gasteiger charge is 2.44. The molecule has 0 aromatic heterocycles. The molecular formula is C49H98N2O8. The molecule has 0 aromatic carbocycles. The topological polar surface area (TPSA) is 161 Å². The Morgan fingerprint density at radius 1 is 0.542 bits per heavy atom. The fourth-order valence-corrected chi connectivity index (χ4v) is 8.31. The molecule has 0 radical (unpaired) electrons. The number of hydrogen-bond acceptors (Lipinski definition) is 9. The molecule has 7 atom stereocenters. The summed E-state index contributed by atoms with van der Waals surface area (Å²) in [5.41, 5.74) is 0. The monoisotopic (exact) mass is 843 g/mol. The summed E-state index contributed by atoms with van der Waals surface area (Å²) in [4.78, 5) is 13.0. The number of aliphatic hydroxyl groups is 5. The lowest BCUT2D eigenvalue weighted by atomic mass is 9.99. The third-order valence-corrected chi connectivity index (χ3v) is 12.4. The van der Waals surface area contributed by atoms with E-state index in [9.17, 15) is 30.3 Å². The van der Waals surface area contributed by atoms with Crippen LogP contribution in [0.5, 0.6) is 0 Å². The highest BCUT2D eigenvalue weighted by molar-refractivity contribution is 5.76. The highest BCUT2D eigenvalue weighted by Crippen LogP contribution is 2.23. The fourth-order valence-electron chi connectivity index (χ4n) is 8.31. The third kappa shape index (κ3) is 31.6. The van der Waals surface area contributed by atoms with Crippen molar-refractivity contribution in [2.24, 2.45) is 0 Å². The molecule has 59 heavy (non-hydrogen) atoms. The molecule has 10 heteroatoms. The van der Waals surface area contributed by atoms with Crippen LogP contribution in [0.1, 0.15) is 239 Å². The predicted octanol–water partition coefficient (Wildman–Crippen LogP) is 9.93. The Kier molecular flexibility index (Phi) is 39.2. The lowest BCUT2D eigenvalue weighted by Gasteiger charge is -2.40. The molecular weight excluding hydrogens is 745 g/mol. The van der Waals surface area contributed by atoms with E-state index in [0.717, 1.165) is 38.6 Å². The number of ether oxygens (including phenoxy) is 2. The van der Waals surface area contributed by atoms with Gasteiger partial charge >= 0.3 is 0 Å². The van der Waals surface area contributed by atoms with Crippen LogP contribution in [0, 0.1) is 0 Å². The standard InChI is InChI=1S/C49H98N2O8/c1-3-5-7-9-11-13-15-17-18-19-20-21-22-23-24-25-26-27-29-31-33-35-37-45(54)51-42(41-58-49-48(57)47(56)46(55)44(40-52)59-49)43(53)39-50-38-36-34-32-30-28-16-14-12-10-8-6-4-2/h42-44,46-50,52-53,55-57H,3-41H2,1-2H3,(H,51,54)/t42-,43+,44+,46-,47-,48+,49+/m0/s1. The van der Waals surface area contributed by atoms with E-state index in [-0.39, 0.29) is 19.1 Å². The second-order valence-corrected chi connectivity index (χ2v) is 18.0. The van der Waals surface area contributed by atoms with Crippen LogP contribution in [0.2, 0.25) is 0 Å². The Morgan fingerprint density at radius 3 is 1.31 bits per heavy atom. The molecule has 1 aliphatic heterocycles. The zero-order valence-corrected chi connectivity index (χ0v) is 38.6. The van der Waals surface area contributed by atoms with Gasteiger partial charge in [0.2, 0.25) is 5.91 Å². The first-order chi connectivity index (χ1) is 28.8. The minimum absolute atomic E-state index is 0.166. The second kappa shape index (κ2) is 41.2. The Morgan fingerprint density at radius 2 is 0.915 bits per heavy atom. The van der Waals surface area contributed by atoms with Crippen molar-refractivity contribution in [3.63, 3.8) is 0 Å². The SMILES string of the molecule is CCCCCCCCCCCCCCCCCCCCCCCCC(=O)N[C@@H](CO[C@@H]1O[C@H](CO)[C@H](O)[C@H](O)[C@H]1O)[C@H](O)CNCCCCCCCCCCCCCC. The van der Waals surface area contributed by atoms with E-state index in [1.165, 1.54) is 186 Å². The van der Waals surface area contributed by atoms with E-state index in [4.69, 9.17) is 9.47 Å². The molecule has 0 spiro atoms. The number of nitrogens with one attached hydrogen (secondary N) is 2. The Labute approximate surface area is 363 Å². The molecule has 10 nitrogen and oxygen atoms in total. The Bertz CT molecular complexity index is 898. The molecule has 1 rings (SSSR count). The quantitative estimate of drug-likeness (QED) is 0.0296. The molecule has 1 heterocycles. The van der Waals surface area contributed by atoms with Crippen LogP contribution in [0.25, 0.3) is 0 Å². The zero-order valence-electron chi connectivity index (χ0n) is 38.6. The number of unbranched alkanes of at least 4 members (excludes halogenated alkanes) is 32. The first kappa shape index (κ1) is 56.2. The number of aliphatic hydroxyl groups excluding tert-OH is 5. The van der Waals surface area contributed by atoms with Gasteiger partial charge in [0.25, 0.3) is 0 Å². The van der Waals surface area contributed by atoms with Gasteiger partial charge < -0.3 is 45.6 Å². The van der Waals surface area contributed by atoms with E-state index in [2.05, 4.69) is 24.5 Å². The smallest absolute Gasteiger partial charge is 0.220 e. The van der Waals surface area contributed by atoms with Crippen LogP contribution in [-0.4, -0.2) is 101 Å². The van der Waals surface area contributed by atoms with Crippen LogP contribution in [0.15, 0.2) is 0 Å². The van der Waals surface area contributed by atoms with Gasteiger partial charge in [0, 0.05) is 13.0 Å². The number of rotatable bonds is 44. The summed E-state index contributed by atoms with van der Waals surface area (Å²) in [5.74, 6) is -0.166. The van der Waals surface area contributed by atoms with Gasteiger partial charge in [0.15, 0.2) is 6.29 Å². The van der Waals surface area contributed by atoms with Gasteiger partial charge in [0.05, 0.1) is 25.4 Å². The average molecular weight is 843 g/mol. The maximum absolute atomic E-state index is 13.0. The van der Waals surface area contributed by atoms with Crippen LogP contribution in [0.4, 0.5) is 0 Å². The van der Waals surface area contributed by atoms with Crippen LogP contribution in [-0.2, 0) is 14.3 Å². The molecule has 1 fully saturated rings. The van der Waals surface area contributed by atoms with Gasteiger partial charge in [-0.25, -0.2) is 0 Å². The van der Waals surface area contributed by atoms with Crippen molar-refractivity contribution < 1.29 is 39.8 Å². The van der Waals surface area contributed by atoms with E-state index >= 15 is 0 Å². The number of hydrogen-bond donors (Lipinski definition) is 7. The van der Waals surface area contributed by atoms with Gasteiger partial charge in [-0.2, -0.15) is 0 Å². The lowest BCUT2D eigenvalue weighted by Crippen LogP contribution is -2.60. The number of carbonyl (C=O) groups is 1. The van der Waals surface area contributed by atoms with Gasteiger partial charge in [-0.3, -0.25) is 4.79 Å². The van der Waals surface area contributed by atoms with Gasteiger partial charge in [-0.1, -0.05) is 219 Å². The van der Waals surface area contributed by atoms with Crippen molar-refractivity contribution in [1.82, 2.24) is 10.6 Å². The van der Waals surface area contributed by atoms with E-state index in [1.807, 2.05) is 0 Å². The van der Waals surface area contributed by atoms with Gasteiger partial charge in [-0.15, -0.1) is 0 Å². The first-order valence-electron chi connectivity index (χ1n) is 25.5. The molecule has 0 unspecified atom stereocenters. The summed E-state index contributed by atoms with van der Waals surface area (Å²) in [6, 6.07) is -0.774. The molecule has 1 aliphatic rings. The van der Waals surface area contributed by atoms with Crippen molar-refractivity contribution in [3.05, 3.63) is 0 Å². The van der Waals surface area contributed by atoms with Gasteiger partial charge in [0.1, 0.15) is 24.4 Å². The highest BCUT2D eigenvalue weighted by atomic mass is 16.7. The number of carbonyl (C=O) groups excluding carboxylic acids is 1. The number of amides is 1. The van der Waals surface area contributed by atoms with Crippen molar-refractivity contribution in [2.75, 3.05) is 26.3 Å². The molecule has 0 bridgehead atoms. The predicted molar refractivity (Wildman–Crippen MR) is 243 cm³/mol. The molecule has 0 aromatic rings. The van der Waals surface area contributed by atoms with Crippen molar-refractivity contribution in [1.29, 1.82) is 0 Å². The lowest BCUT2D eigenvalue weighted by molar-refractivity contribution is -0.302. The second-order valence-electron chi connectivity index (χ2n) is 18.0. The van der Waals surface area contributed by atoms with Crippen molar-refractivity contribution >= 4 is 5.91 Å². The molecule has 0 aliphatic carbocycles. The van der Waals surface area contributed by atoms with Gasteiger partial charge in [-0.05, 0) is 19.4 Å². The third-order valence-electron chi connectivity index (χ3n) is 12.4. The average Bonchev–Trinajstić information content (AvgIpc) is 3.23. The minimum Gasteiger partial charge on any atom is -0.394 e. The van der Waals surface area contributed by atoms with E-state index < -0.39 is 49.5 Å². The largest absolute Gasteiger partial charge is 0.394 e. The Hall–Kier alpha value is -0.850. The summed E-state index contributed by atoms with van der Waals surface area (Å²) in [6.07, 6.45) is 36.7. The Balaban J connectivity index is 2.22. The van der Waals surface area contributed by atoms with Crippen LogP contribution >= 0.6 is 0 Å². The summed E-state index contributed by atoms with van der Waals surface area (Å²) in [6.45, 7) is 4.84. The molecule has 1 saturated heterocycles. The van der Waals surface area contributed by atoms with Crippen LogP contribution < -0.4 is 10.6 Å². The summed E-state index contributed by atoms with van der Waals surface area (Å²) < 4.78 is 11.2. The zero-order chi connectivity index (χ0) is 43.0. The minimum atomic E-state index is -1.56. The molecule has 0 saturated carbocycles. The van der Waals surface area contributed by atoms with Crippen molar-refractivity contribution in [3.8, 4) is 0 Å². The van der Waals surface area contributed by atoms with E-state index in [0.29, 0.717) is 6.42 Å². The summed E-state index contributed by atoms with van der Waals surface area (Å²) in [5, 5.41) is 57.6. The van der Waals surface area contributed by atoms with Crippen LogP contribution in [0.3, 0.4) is 0 Å². The first-order valence-corrected chi connectivity index (χ1v) is 25.5. The summed E-state index contributed by atoms with van der Waals surface area (Å²) >= 11 is 0. The molecule has 1 amide bonds. The van der Waals surface area contributed by atoms with Crippen molar-refractivity contribution in [2.45, 2.75) is 281 Å². The normalized spacial score (nSPS) is 20.6. The molecule has 352 valence electrons. The maximum atomic E-state index is 13.0. The maximum Gasteiger partial charge on any atom is 0.220 e. The fraction of sp³-hybridized carbons (Fsp3) is 0.980. The van der Waals surface area contributed by atoms with E-state index in [1.54, 1.807) is 0 Å². The molecule has 7 N–H and O–H groups in total. The summed E-state index contributed by atoms with van der Waals surface area (Å²) in [7, 11) is 0.